The molecule has 1 heterocycles. The highest BCUT2D eigenvalue weighted by Gasteiger charge is 2.17. The van der Waals surface area contributed by atoms with Gasteiger partial charge in [-0.3, -0.25) is 9.69 Å². The molecule has 0 aliphatic carbocycles. The van der Waals surface area contributed by atoms with Crippen LogP contribution in [0.25, 0.3) is 0 Å². The molecule has 18 heavy (non-hydrogen) atoms. The first kappa shape index (κ1) is 15.4. The predicted octanol–water partition coefficient (Wildman–Crippen LogP) is -0.308. The Morgan fingerprint density at radius 3 is 2.33 bits per heavy atom. The van der Waals surface area contributed by atoms with Crippen LogP contribution in [0, 0.1) is 0 Å². The molecule has 0 aromatic heterocycles. The number of nitrogens with one attached hydrogen (secondary N) is 1. The quantitative estimate of drug-likeness (QED) is 0.678. The minimum Gasteiger partial charge on any atom is -0.339 e. The molecule has 1 aliphatic rings. The van der Waals surface area contributed by atoms with Crippen molar-refractivity contribution >= 4 is 5.91 Å². The van der Waals surface area contributed by atoms with Crippen LogP contribution < -0.4 is 5.32 Å². The molecule has 1 saturated heterocycles. The fraction of sp³-hybridized carbons (Fsp3) is 0.923. The molecule has 0 saturated carbocycles. The molecule has 1 aliphatic heterocycles. The smallest absolute Gasteiger partial charge is 0.236 e. The van der Waals surface area contributed by atoms with E-state index in [2.05, 4.69) is 29.0 Å². The van der Waals surface area contributed by atoms with Crippen LogP contribution >= 0.6 is 0 Å². The normalized spacial score (nSPS) is 16.6. The monoisotopic (exact) mass is 256 g/mol. The number of hydrogen-bond donors (Lipinski definition) is 1. The van der Waals surface area contributed by atoms with E-state index in [9.17, 15) is 4.79 Å². The molecule has 0 atom stereocenters. The number of piperazine rings is 1. The molecule has 1 N–H and O–H groups in total. The van der Waals surface area contributed by atoms with Gasteiger partial charge in [0.2, 0.25) is 5.91 Å². The van der Waals surface area contributed by atoms with Crippen LogP contribution in [0.15, 0.2) is 0 Å². The fourth-order valence-corrected chi connectivity index (χ4v) is 2.18. The van der Waals surface area contributed by atoms with Crippen LogP contribution in [0.5, 0.6) is 0 Å². The Kier molecular flexibility index (Phi) is 7.23. The van der Waals surface area contributed by atoms with Gasteiger partial charge in [-0.25, -0.2) is 0 Å². The summed E-state index contributed by atoms with van der Waals surface area (Å²) in [5.41, 5.74) is 0. The maximum Gasteiger partial charge on any atom is 0.236 e. The van der Waals surface area contributed by atoms with E-state index in [-0.39, 0.29) is 5.91 Å². The summed E-state index contributed by atoms with van der Waals surface area (Å²) in [6.07, 6.45) is 0. The number of carbonyl (C=O) groups is 1. The van der Waals surface area contributed by atoms with Gasteiger partial charge in [0.25, 0.3) is 0 Å². The van der Waals surface area contributed by atoms with Gasteiger partial charge in [-0.05, 0) is 20.1 Å². The van der Waals surface area contributed by atoms with Gasteiger partial charge in [0.05, 0.1) is 6.54 Å². The minimum atomic E-state index is 0.263. The maximum atomic E-state index is 12.0. The molecule has 1 amide bonds. The van der Waals surface area contributed by atoms with Crippen molar-refractivity contribution in [3.63, 3.8) is 0 Å². The lowest BCUT2D eigenvalue weighted by atomic mass is 10.3. The summed E-state index contributed by atoms with van der Waals surface area (Å²) in [6, 6.07) is 0. The molecule has 0 bridgehead atoms. The van der Waals surface area contributed by atoms with E-state index in [1.54, 1.807) is 0 Å². The molecule has 0 aromatic rings. The number of carbonyl (C=O) groups excluding carboxylic acids is 1. The maximum absolute atomic E-state index is 12.0. The average Bonchev–Trinajstić information content (AvgIpc) is 2.41. The minimum absolute atomic E-state index is 0.263. The zero-order valence-electron chi connectivity index (χ0n) is 12.1. The second-order valence-corrected chi connectivity index (χ2v) is 4.90. The number of likely N-dealkylation sites (N-methyl/N-ethyl adjacent to an activating group) is 2. The van der Waals surface area contributed by atoms with Gasteiger partial charge >= 0.3 is 0 Å². The topological polar surface area (TPSA) is 38.8 Å². The Bertz CT molecular complexity index is 237. The Morgan fingerprint density at radius 1 is 1.17 bits per heavy atom. The zero-order chi connectivity index (χ0) is 13.4. The highest BCUT2D eigenvalue weighted by atomic mass is 16.2. The average molecular weight is 256 g/mol. The third kappa shape index (κ3) is 5.33. The van der Waals surface area contributed by atoms with Crippen LogP contribution in [0.1, 0.15) is 13.8 Å². The SMILES string of the molecule is CCN(CC)CCN(C)CC(=O)N1CCNCC1. The van der Waals surface area contributed by atoms with E-state index < -0.39 is 0 Å². The van der Waals surface area contributed by atoms with Crippen molar-refractivity contribution < 1.29 is 4.79 Å². The summed E-state index contributed by atoms with van der Waals surface area (Å²) in [5, 5.41) is 3.26. The molecule has 0 unspecified atom stereocenters. The van der Waals surface area contributed by atoms with Crippen molar-refractivity contribution in [3.05, 3.63) is 0 Å². The molecular formula is C13H28N4O. The molecule has 1 fully saturated rings. The fourth-order valence-electron chi connectivity index (χ4n) is 2.18. The number of hydrogen-bond acceptors (Lipinski definition) is 4. The summed E-state index contributed by atoms with van der Waals surface area (Å²) in [6.45, 7) is 12.6. The first-order chi connectivity index (χ1) is 8.67. The van der Waals surface area contributed by atoms with Gasteiger partial charge in [0.15, 0.2) is 0 Å². The van der Waals surface area contributed by atoms with Crippen molar-refractivity contribution in [1.29, 1.82) is 0 Å². The van der Waals surface area contributed by atoms with Gasteiger partial charge in [0.1, 0.15) is 0 Å². The first-order valence-corrected chi connectivity index (χ1v) is 7.06. The third-order valence-corrected chi connectivity index (χ3v) is 3.57. The lowest BCUT2D eigenvalue weighted by Crippen LogP contribution is -2.49. The summed E-state index contributed by atoms with van der Waals surface area (Å²) in [4.78, 5) is 18.5. The lowest BCUT2D eigenvalue weighted by Gasteiger charge is -2.29. The summed E-state index contributed by atoms with van der Waals surface area (Å²) >= 11 is 0. The van der Waals surface area contributed by atoms with E-state index >= 15 is 0 Å². The molecule has 0 radical (unpaired) electrons. The molecule has 5 heteroatoms. The molecule has 0 aromatic carbocycles. The van der Waals surface area contributed by atoms with Crippen LogP contribution in [0.4, 0.5) is 0 Å². The largest absolute Gasteiger partial charge is 0.339 e. The van der Waals surface area contributed by atoms with E-state index in [1.807, 2.05) is 11.9 Å². The van der Waals surface area contributed by atoms with Crippen LogP contribution in [-0.2, 0) is 4.79 Å². The van der Waals surface area contributed by atoms with Crippen LogP contribution in [-0.4, -0.2) is 86.6 Å². The van der Waals surface area contributed by atoms with Crippen molar-refractivity contribution in [1.82, 2.24) is 20.0 Å². The van der Waals surface area contributed by atoms with Crippen molar-refractivity contribution in [2.45, 2.75) is 13.8 Å². The summed E-state index contributed by atoms with van der Waals surface area (Å²) in [7, 11) is 2.03. The number of rotatable bonds is 7. The van der Waals surface area contributed by atoms with Crippen molar-refractivity contribution in [2.24, 2.45) is 0 Å². The van der Waals surface area contributed by atoms with Gasteiger partial charge in [-0.15, -0.1) is 0 Å². The molecule has 5 nitrogen and oxygen atoms in total. The second kappa shape index (κ2) is 8.45. The standard InChI is InChI=1S/C13H28N4O/c1-4-16(5-2)11-10-15(3)12-13(18)17-8-6-14-7-9-17/h14H,4-12H2,1-3H3. The van der Waals surface area contributed by atoms with E-state index in [0.717, 1.165) is 52.4 Å². The third-order valence-electron chi connectivity index (χ3n) is 3.57. The van der Waals surface area contributed by atoms with Gasteiger partial charge in [-0.1, -0.05) is 13.8 Å². The van der Waals surface area contributed by atoms with E-state index in [4.69, 9.17) is 0 Å². The van der Waals surface area contributed by atoms with E-state index in [0.29, 0.717) is 6.54 Å². The van der Waals surface area contributed by atoms with Crippen molar-refractivity contribution in [2.75, 3.05) is 66.0 Å². The summed E-state index contributed by atoms with van der Waals surface area (Å²) in [5.74, 6) is 0.263. The molecule has 106 valence electrons. The molecular weight excluding hydrogens is 228 g/mol. The Balaban J connectivity index is 2.21. The van der Waals surface area contributed by atoms with E-state index in [1.165, 1.54) is 0 Å². The van der Waals surface area contributed by atoms with Crippen molar-refractivity contribution in [3.8, 4) is 0 Å². The number of nitrogens with zero attached hydrogens (tertiary/aromatic N) is 3. The lowest BCUT2D eigenvalue weighted by molar-refractivity contribution is -0.132. The van der Waals surface area contributed by atoms with Crippen LogP contribution in [0.3, 0.4) is 0 Å². The molecule has 0 spiro atoms. The van der Waals surface area contributed by atoms with Gasteiger partial charge in [0, 0.05) is 39.3 Å². The van der Waals surface area contributed by atoms with Crippen LogP contribution in [0.2, 0.25) is 0 Å². The first-order valence-electron chi connectivity index (χ1n) is 7.06. The predicted molar refractivity (Wildman–Crippen MR) is 74.7 cm³/mol. The molecule has 1 rings (SSSR count). The number of amides is 1. The highest BCUT2D eigenvalue weighted by Crippen LogP contribution is 1.96. The Morgan fingerprint density at radius 2 is 1.78 bits per heavy atom. The second-order valence-electron chi connectivity index (χ2n) is 4.90. The summed E-state index contributed by atoms with van der Waals surface area (Å²) < 4.78 is 0. The Labute approximate surface area is 111 Å². The van der Waals surface area contributed by atoms with Gasteiger partial charge in [-0.2, -0.15) is 0 Å². The highest BCUT2D eigenvalue weighted by molar-refractivity contribution is 5.78. The zero-order valence-corrected chi connectivity index (χ0v) is 12.1. The Hall–Kier alpha value is -0.650. The van der Waals surface area contributed by atoms with Gasteiger partial charge < -0.3 is 15.1 Å².